The molecule has 1 unspecified atom stereocenters. The summed E-state index contributed by atoms with van der Waals surface area (Å²) in [5, 5.41) is 0. The number of morpholine rings is 1. The molecular weight excluding hydrogens is 322 g/mol. The molecule has 25 heavy (non-hydrogen) atoms. The highest BCUT2D eigenvalue weighted by molar-refractivity contribution is 5.90. The Labute approximate surface area is 148 Å². The van der Waals surface area contributed by atoms with E-state index in [0.29, 0.717) is 39.3 Å². The van der Waals surface area contributed by atoms with E-state index < -0.39 is 5.91 Å². The molecule has 2 amide bonds. The SMILES string of the molecule is CCc1oc(C(N)=O)cc1CN1CCCC(C(=O)N2CCOCC2)C1. The van der Waals surface area contributed by atoms with E-state index in [9.17, 15) is 9.59 Å². The molecule has 2 fully saturated rings. The lowest BCUT2D eigenvalue weighted by Crippen LogP contribution is -2.48. The second-order valence-corrected chi connectivity index (χ2v) is 6.79. The van der Waals surface area contributed by atoms with E-state index in [4.69, 9.17) is 14.9 Å². The number of primary amides is 1. The minimum absolute atomic E-state index is 0.0411. The lowest BCUT2D eigenvalue weighted by Gasteiger charge is -2.36. The predicted molar refractivity (Wildman–Crippen MR) is 92.0 cm³/mol. The molecule has 0 saturated carbocycles. The average molecular weight is 349 g/mol. The molecule has 7 nitrogen and oxygen atoms in total. The van der Waals surface area contributed by atoms with Gasteiger partial charge in [0.25, 0.3) is 5.91 Å². The lowest BCUT2D eigenvalue weighted by molar-refractivity contribution is -0.141. The topological polar surface area (TPSA) is 89.0 Å². The molecule has 0 spiro atoms. The monoisotopic (exact) mass is 349 g/mol. The number of nitrogens with zero attached hydrogens (tertiary/aromatic N) is 2. The van der Waals surface area contributed by atoms with Gasteiger partial charge < -0.3 is 19.8 Å². The minimum Gasteiger partial charge on any atom is -0.456 e. The minimum atomic E-state index is -0.542. The van der Waals surface area contributed by atoms with Crippen LogP contribution in [0.5, 0.6) is 0 Å². The van der Waals surface area contributed by atoms with Crippen molar-refractivity contribution in [3.05, 3.63) is 23.2 Å². The third-order valence-electron chi connectivity index (χ3n) is 5.03. The Balaban J connectivity index is 1.63. The average Bonchev–Trinajstić information content (AvgIpc) is 3.05. The molecule has 0 aliphatic carbocycles. The van der Waals surface area contributed by atoms with Crippen LogP contribution in [0.1, 0.15) is 41.6 Å². The molecule has 1 aromatic rings. The molecule has 1 atom stereocenters. The molecule has 0 aromatic carbocycles. The van der Waals surface area contributed by atoms with Crippen LogP contribution < -0.4 is 5.73 Å². The van der Waals surface area contributed by atoms with Crippen LogP contribution in [0.3, 0.4) is 0 Å². The summed E-state index contributed by atoms with van der Waals surface area (Å²) >= 11 is 0. The van der Waals surface area contributed by atoms with Crippen molar-refractivity contribution < 1.29 is 18.7 Å². The summed E-state index contributed by atoms with van der Waals surface area (Å²) in [7, 11) is 0. The fourth-order valence-corrected chi connectivity index (χ4v) is 3.70. The number of ether oxygens (including phenoxy) is 1. The number of hydrogen-bond donors (Lipinski definition) is 1. The van der Waals surface area contributed by atoms with E-state index in [2.05, 4.69) is 4.90 Å². The van der Waals surface area contributed by atoms with Crippen LogP contribution in [0.15, 0.2) is 10.5 Å². The molecule has 2 aliphatic rings. The zero-order chi connectivity index (χ0) is 17.8. The number of amides is 2. The fourth-order valence-electron chi connectivity index (χ4n) is 3.70. The van der Waals surface area contributed by atoms with Crippen molar-refractivity contribution in [2.24, 2.45) is 11.7 Å². The van der Waals surface area contributed by atoms with Gasteiger partial charge in [-0.3, -0.25) is 14.5 Å². The standard InChI is InChI=1S/C18H27N3O4/c1-2-15-14(10-16(25-15)17(19)22)12-20-5-3-4-13(11-20)18(23)21-6-8-24-9-7-21/h10,13H,2-9,11-12H2,1H3,(H2,19,22). The first-order valence-corrected chi connectivity index (χ1v) is 9.08. The molecule has 3 heterocycles. The number of furan rings is 1. The van der Waals surface area contributed by atoms with E-state index in [-0.39, 0.29) is 17.6 Å². The number of aryl methyl sites for hydroxylation is 1. The van der Waals surface area contributed by atoms with E-state index >= 15 is 0 Å². The quantitative estimate of drug-likeness (QED) is 0.857. The van der Waals surface area contributed by atoms with Crippen LogP contribution >= 0.6 is 0 Å². The molecule has 138 valence electrons. The highest BCUT2D eigenvalue weighted by atomic mass is 16.5. The van der Waals surface area contributed by atoms with Crippen molar-refractivity contribution in [3.8, 4) is 0 Å². The zero-order valence-corrected chi connectivity index (χ0v) is 14.8. The Morgan fingerprint density at radius 3 is 2.72 bits per heavy atom. The Hall–Kier alpha value is -1.86. The molecule has 0 radical (unpaired) electrons. The number of hydrogen-bond acceptors (Lipinski definition) is 5. The largest absolute Gasteiger partial charge is 0.456 e. The summed E-state index contributed by atoms with van der Waals surface area (Å²) in [6, 6.07) is 1.74. The van der Waals surface area contributed by atoms with Gasteiger partial charge in [0, 0.05) is 38.2 Å². The first-order valence-electron chi connectivity index (χ1n) is 9.08. The maximum Gasteiger partial charge on any atom is 0.284 e. The van der Waals surface area contributed by atoms with Crippen molar-refractivity contribution in [1.29, 1.82) is 0 Å². The Morgan fingerprint density at radius 2 is 2.04 bits per heavy atom. The summed E-state index contributed by atoms with van der Waals surface area (Å²) in [6.07, 6.45) is 2.65. The normalized spacial score (nSPS) is 22.1. The number of likely N-dealkylation sites (tertiary alicyclic amines) is 1. The van der Waals surface area contributed by atoms with Gasteiger partial charge in [0.2, 0.25) is 5.91 Å². The number of rotatable bonds is 5. The number of piperidine rings is 1. The predicted octanol–water partition coefficient (Wildman–Crippen LogP) is 1.01. The fraction of sp³-hybridized carbons (Fsp3) is 0.667. The Bertz CT molecular complexity index is 622. The van der Waals surface area contributed by atoms with E-state index in [1.54, 1.807) is 6.07 Å². The molecule has 2 aliphatic heterocycles. The van der Waals surface area contributed by atoms with Gasteiger partial charge in [-0.15, -0.1) is 0 Å². The van der Waals surface area contributed by atoms with Crippen molar-refractivity contribution >= 4 is 11.8 Å². The van der Waals surface area contributed by atoms with Crippen molar-refractivity contribution in [3.63, 3.8) is 0 Å². The maximum atomic E-state index is 12.7. The summed E-state index contributed by atoms with van der Waals surface area (Å²) in [5.74, 6) is 0.758. The first-order chi connectivity index (χ1) is 12.1. The number of nitrogens with two attached hydrogens (primary N) is 1. The number of carbonyl (C=O) groups is 2. The zero-order valence-electron chi connectivity index (χ0n) is 14.8. The Kier molecular flexibility index (Phi) is 5.75. The third-order valence-corrected chi connectivity index (χ3v) is 5.03. The van der Waals surface area contributed by atoms with Gasteiger partial charge in [-0.1, -0.05) is 6.92 Å². The smallest absolute Gasteiger partial charge is 0.284 e. The summed E-state index contributed by atoms with van der Waals surface area (Å²) in [5.41, 5.74) is 6.32. The summed E-state index contributed by atoms with van der Waals surface area (Å²) in [4.78, 5) is 28.3. The second kappa shape index (κ2) is 8.01. The van der Waals surface area contributed by atoms with Crippen LogP contribution in [0, 0.1) is 5.92 Å². The van der Waals surface area contributed by atoms with Gasteiger partial charge in [0.15, 0.2) is 5.76 Å². The van der Waals surface area contributed by atoms with Crippen LogP contribution in [0.4, 0.5) is 0 Å². The van der Waals surface area contributed by atoms with Gasteiger partial charge in [0.1, 0.15) is 5.76 Å². The van der Waals surface area contributed by atoms with Gasteiger partial charge in [0.05, 0.1) is 19.1 Å². The lowest BCUT2D eigenvalue weighted by atomic mass is 9.95. The molecule has 7 heteroatoms. The number of carbonyl (C=O) groups excluding carboxylic acids is 2. The van der Waals surface area contributed by atoms with E-state index in [1.807, 2.05) is 11.8 Å². The van der Waals surface area contributed by atoms with Gasteiger partial charge in [-0.05, 0) is 25.5 Å². The highest BCUT2D eigenvalue weighted by Crippen LogP contribution is 2.24. The maximum absolute atomic E-state index is 12.7. The van der Waals surface area contributed by atoms with Crippen molar-refractivity contribution in [2.45, 2.75) is 32.7 Å². The van der Waals surface area contributed by atoms with Crippen molar-refractivity contribution in [2.75, 3.05) is 39.4 Å². The molecule has 3 rings (SSSR count). The van der Waals surface area contributed by atoms with Gasteiger partial charge in [-0.2, -0.15) is 0 Å². The molecule has 2 saturated heterocycles. The molecule has 0 bridgehead atoms. The third kappa shape index (κ3) is 4.22. The first kappa shape index (κ1) is 17.9. The van der Waals surface area contributed by atoms with E-state index in [1.165, 1.54) is 0 Å². The molecule has 1 aromatic heterocycles. The van der Waals surface area contributed by atoms with Crippen LogP contribution in [-0.4, -0.2) is 61.0 Å². The van der Waals surface area contributed by atoms with Crippen LogP contribution in [0.2, 0.25) is 0 Å². The summed E-state index contributed by atoms with van der Waals surface area (Å²) < 4.78 is 10.9. The Morgan fingerprint density at radius 1 is 1.28 bits per heavy atom. The highest BCUT2D eigenvalue weighted by Gasteiger charge is 2.30. The molecule has 2 N–H and O–H groups in total. The molecular formula is C18H27N3O4. The van der Waals surface area contributed by atoms with Crippen LogP contribution in [-0.2, 0) is 22.5 Å². The van der Waals surface area contributed by atoms with E-state index in [0.717, 1.165) is 37.3 Å². The van der Waals surface area contributed by atoms with Gasteiger partial charge in [-0.25, -0.2) is 0 Å². The van der Waals surface area contributed by atoms with Crippen molar-refractivity contribution in [1.82, 2.24) is 9.80 Å². The van der Waals surface area contributed by atoms with Crippen LogP contribution in [0.25, 0.3) is 0 Å². The van der Waals surface area contributed by atoms with Gasteiger partial charge >= 0.3 is 0 Å². The second-order valence-electron chi connectivity index (χ2n) is 6.79. The summed E-state index contributed by atoms with van der Waals surface area (Å²) in [6.45, 7) is 7.03.